The van der Waals surface area contributed by atoms with E-state index in [1.165, 1.54) is 12.1 Å². The van der Waals surface area contributed by atoms with Gasteiger partial charge in [-0.25, -0.2) is 13.6 Å². The second-order valence-electron chi connectivity index (χ2n) is 4.01. The van der Waals surface area contributed by atoms with Crippen molar-refractivity contribution in [1.82, 2.24) is 5.32 Å². The fourth-order valence-corrected chi connectivity index (χ4v) is 1.49. The van der Waals surface area contributed by atoms with Gasteiger partial charge in [-0.05, 0) is 39.2 Å². The van der Waals surface area contributed by atoms with E-state index in [-0.39, 0.29) is 4.47 Å². The second-order valence-corrected chi connectivity index (χ2v) is 4.80. The lowest BCUT2D eigenvalue weighted by Crippen LogP contribution is -2.33. The van der Waals surface area contributed by atoms with Gasteiger partial charge in [0.1, 0.15) is 11.6 Å². The van der Waals surface area contributed by atoms with E-state index < -0.39 is 23.8 Å². The van der Waals surface area contributed by atoms with Crippen LogP contribution in [0, 0.1) is 11.6 Å². The fourth-order valence-electron chi connectivity index (χ4n) is 1.27. The van der Waals surface area contributed by atoms with Crippen molar-refractivity contribution >= 4 is 28.0 Å². The van der Waals surface area contributed by atoms with Crippen molar-refractivity contribution in [2.45, 2.75) is 6.18 Å². The van der Waals surface area contributed by atoms with Crippen molar-refractivity contribution in [3.05, 3.63) is 39.4 Å². The molecule has 0 unspecified atom stereocenters. The summed E-state index contributed by atoms with van der Waals surface area (Å²) in [5, 5.41) is 10.2. The van der Waals surface area contributed by atoms with E-state index in [9.17, 15) is 22.0 Å². The van der Waals surface area contributed by atoms with E-state index in [2.05, 4.69) is 21.2 Å². The molecule has 0 aliphatic carbocycles. The maximum Gasteiger partial charge on any atom is 0.490 e. The van der Waals surface area contributed by atoms with Gasteiger partial charge in [0, 0.05) is 13.1 Å². The highest BCUT2D eigenvalue weighted by molar-refractivity contribution is 9.10. The lowest BCUT2D eigenvalue weighted by atomic mass is 10.1. The first-order valence-corrected chi connectivity index (χ1v) is 6.25. The lowest BCUT2D eigenvalue weighted by molar-refractivity contribution is -0.192. The highest BCUT2D eigenvalue weighted by Crippen LogP contribution is 2.22. The van der Waals surface area contributed by atoms with E-state index >= 15 is 0 Å². The summed E-state index contributed by atoms with van der Waals surface area (Å²) in [5.74, 6) is -3.89. The SMILES string of the molecule is Fc1cc(C=C2CNC2)cc(F)c1Br.O=C(O)C(F)(F)F. The van der Waals surface area contributed by atoms with Gasteiger partial charge in [-0.3, -0.25) is 0 Å². The molecule has 21 heavy (non-hydrogen) atoms. The fraction of sp³-hybridized carbons (Fsp3) is 0.250. The quantitative estimate of drug-likeness (QED) is 0.586. The number of aliphatic carboxylic acids is 1. The molecule has 2 rings (SSSR count). The van der Waals surface area contributed by atoms with Crippen molar-refractivity contribution < 1.29 is 31.9 Å². The molecule has 0 spiro atoms. The Kier molecular flexibility index (Phi) is 5.85. The number of hydrogen-bond acceptors (Lipinski definition) is 2. The molecule has 0 bridgehead atoms. The molecule has 1 saturated heterocycles. The average molecular weight is 374 g/mol. The molecular weight excluding hydrogens is 365 g/mol. The van der Waals surface area contributed by atoms with Crippen molar-refractivity contribution in [1.29, 1.82) is 0 Å². The van der Waals surface area contributed by atoms with Gasteiger partial charge in [-0.15, -0.1) is 0 Å². The summed E-state index contributed by atoms with van der Waals surface area (Å²) in [7, 11) is 0. The molecule has 116 valence electrons. The number of nitrogens with one attached hydrogen (secondary N) is 1. The highest BCUT2D eigenvalue weighted by Gasteiger charge is 2.38. The summed E-state index contributed by atoms with van der Waals surface area (Å²) in [6.07, 6.45) is -3.28. The Bertz CT molecular complexity index is 542. The lowest BCUT2D eigenvalue weighted by Gasteiger charge is -2.18. The Morgan fingerprint density at radius 3 is 1.95 bits per heavy atom. The van der Waals surface area contributed by atoms with Crippen LogP contribution in [0.15, 0.2) is 22.2 Å². The third kappa shape index (κ3) is 5.43. The predicted octanol–water partition coefficient (Wildman–Crippen LogP) is 3.35. The normalized spacial score (nSPS) is 13.9. The van der Waals surface area contributed by atoms with Gasteiger partial charge in [0.25, 0.3) is 0 Å². The summed E-state index contributed by atoms with van der Waals surface area (Å²) in [6, 6.07) is 2.64. The summed E-state index contributed by atoms with van der Waals surface area (Å²) in [4.78, 5) is 8.90. The summed E-state index contributed by atoms with van der Waals surface area (Å²) >= 11 is 2.83. The summed E-state index contributed by atoms with van der Waals surface area (Å²) < 4.78 is 57.8. The minimum atomic E-state index is -5.08. The number of carboxylic acid groups (broad SMARTS) is 1. The summed E-state index contributed by atoms with van der Waals surface area (Å²) in [5.41, 5.74) is 1.73. The van der Waals surface area contributed by atoms with Crippen LogP contribution in [-0.2, 0) is 4.79 Å². The smallest absolute Gasteiger partial charge is 0.475 e. The molecule has 0 atom stereocenters. The predicted molar refractivity (Wildman–Crippen MR) is 68.6 cm³/mol. The molecule has 2 N–H and O–H groups in total. The molecule has 1 heterocycles. The molecule has 9 heteroatoms. The van der Waals surface area contributed by atoms with Crippen molar-refractivity contribution in [2.75, 3.05) is 13.1 Å². The molecule has 0 radical (unpaired) electrons. The van der Waals surface area contributed by atoms with Gasteiger partial charge in [-0.2, -0.15) is 13.2 Å². The zero-order valence-electron chi connectivity index (χ0n) is 10.3. The van der Waals surface area contributed by atoms with Gasteiger partial charge in [0.15, 0.2) is 0 Å². The Morgan fingerprint density at radius 2 is 1.67 bits per heavy atom. The van der Waals surface area contributed by atoms with Crippen LogP contribution in [0.4, 0.5) is 22.0 Å². The number of carboxylic acids is 1. The third-order valence-corrected chi connectivity index (χ3v) is 3.08. The standard InChI is InChI=1S/C10H8BrF2N.C2HF3O2/c11-10-8(12)2-6(3-9(10)13)1-7-4-14-5-7;3-2(4,5)1(6)7/h1-3,14H,4-5H2;(H,6,7). The largest absolute Gasteiger partial charge is 0.490 e. The molecule has 0 saturated carbocycles. The Labute approximate surface area is 124 Å². The summed E-state index contributed by atoms with van der Waals surface area (Å²) in [6.45, 7) is 1.61. The van der Waals surface area contributed by atoms with Crippen LogP contribution in [0.25, 0.3) is 6.08 Å². The van der Waals surface area contributed by atoms with Crippen molar-refractivity contribution in [3.63, 3.8) is 0 Å². The van der Waals surface area contributed by atoms with Crippen molar-refractivity contribution in [3.8, 4) is 0 Å². The Balaban J connectivity index is 0.000000270. The first-order chi connectivity index (χ1) is 9.61. The van der Waals surface area contributed by atoms with E-state index in [1.807, 2.05) is 0 Å². The first kappa shape index (κ1) is 17.6. The molecule has 3 nitrogen and oxygen atoms in total. The molecule has 1 aromatic carbocycles. The van der Waals surface area contributed by atoms with Gasteiger partial charge in [0.2, 0.25) is 0 Å². The number of benzene rings is 1. The number of hydrogen-bond donors (Lipinski definition) is 2. The topological polar surface area (TPSA) is 49.3 Å². The minimum absolute atomic E-state index is 0.105. The van der Waals surface area contributed by atoms with Gasteiger partial charge in [0.05, 0.1) is 4.47 Å². The zero-order valence-corrected chi connectivity index (χ0v) is 11.9. The van der Waals surface area contributed by atoms with Crippen LogP contribution < -0.4 is 5.32 Å². The molecule has 1 aliphatic rings. The first-order valence-electron chi connectivity index (χ1n) is 5.46. The molecular formula is C12H9BrF5NO2. The van der Waals surface area contributed by atoms with E-state index in [0.717, 1.165) is 18.7 Å². The highest BCUT2D eigenvalue weighted by atomic mass is 79.9. The Hall–Kier alpha value is -1.48. The van der Waals surface area contributed by atoms with E-state index in [4.69, 9.17) is 9.90 Å². The van der Waals surface area contributed by atoms with Crippen LogP contribution in [0.5, 0.6) is 0 Å². The number of alkyl halides is 3. The molecule has 1 aliphatic heterocycles. The van der Waals surface area contributed by atoms with Crippen LogP contribution in [0.2, 0.25) is 0 Å². The van der Waals surface area contributed by atoms with Crippen LogP contribution in [0.1, 0.15) is 5.56 Å². The van der Waals surface area contributed by atoms with Gasteiger partial charge in [-0.1, -0.05) is 6.08 Å². The number of carbonyl (C=O) groups is 1. The van der Waals surface area contributed by atoms with Crippen LogP contribution >= 0.6 is 15.9 Å². The number of rotatable bonds is 1. The van der Waals surface area contributed by atoms with Gasteiger partial charge >= 0.3 is 12.1 Å². The number of halogens is 6. The second kappa shape index (κ2) is 6.99. The maximum absolute atomic E-state index is 13.1. The maximum atomic E-state index is 13.1. The van der Waals surface area contributed by atoms with Crippen LogP contribution in [-0.4, -0.2) is 30.3 Å². The average Bonchev–Trinajstić information content (AvgIpc) is 2.30. The monoisotopic (exact) mass is 373 g/mol. The zero-order chi connectivity index (χ0) is 16.2. The minimum Gasteiger partial charge on any atom is -0.475 e. The molecule has 1 fully saturated rings. The van der Waals surface area contributed by atoms with Crippen LogP contribution in [0.3, 0.4) is 0 Å². The van der Waals surface area contributed by atoms with E-state index in [1.54, 1.807) is 6.08 Å². The van der Waals surface area contributed by atoms with E-state index in [0.29, 0.717) is 5.56 Å². The molecule has 0 aromatic heterocycles. The third-order valence-electron chi connectivity index (χ3n) is 2.32. The molecule has 1 aromatic rings. The van der Waals surface area contributed by atoms with Gasteiger partial charge < -0.3 is 10.4 Å². The van der Waals surface area contributed by atoms with Crippen molar-refractivity contribution in [2.24, 2.45) is 0 Å². The molecule has 0 amide bonds. The Morgan fingerprint density at radius 1 is 1.24 bits per heavy atom.